The summed E-state index contributed by atoms with van der Waals surface area (Å²) in [5.41, 5.74) is 1.27. The van der Waals surface area contributed by atoms with E-state index in [1.54, 1.807) is 36.3 Å². The zero-order chi connectivity index (χ0) is 21.8. The van der Waals surface area contributed by atoms with E-state index >= 15 is 0 Å². The Labute approximate surface area is 185 Å². The van der Waals surface area contributed by atoms with E-state index in [1.807, 2.05) is 24.3 Å². The molecule has 4 rings (SSSR count). The summed E-state index contributed by atoms with van der Waals surface area (Å²) >= 11 is 6.01. The maximum atomic E-state index is 12.8. The highest BCUT2D eigenvalue weighted by Crippen LogP contribution is 2.27. The Hall–Kier alpha value is -3.03. The third-order valence-electron chi connectivity index (χ3n) is 5.39. The van der Waals surface area contributed by atoms with E-state index in [4.69, 9.17) is 20.8 Å². The molecular formula is C23H24ClN3O4. The molecule has 2 heterocycles. The molecule has 31 heavy (non-hydrogen) atoms. The van der Waals surface area contributed by atoms with Gasteiger partial charge in [-0.15, -0.1) is 0 Å². The second-order valence-corrected chi connectivity index (χ2v) is 7.86. The second kappa shape index (κ2) is 9.41. The molecule has 0 saturated carbocycles. The van der Waals surface area contributed by atoms with Gasteiger partial charge < -0.3 is 19.4 Å². The van der Waals surface area contributed by atoms with Gasteiger partial charge in [-0.1, -0.05) is 29.8 Å². The van der Waals surface area contributed by atoms with Crippen LogP contribution in [-0.4, -0.2) is 61.4 Å². The molecule has 1 aromatic heterocycles. The van der Waals surface area contributed by atoms with Gasteiger partial charge in [-0.05, 0) is 30.3 Å². The van der Waals surface area contributed by atoms with Crippen LogP contribution in [0, 0.1) is 0 Å². The average Bonchev–Trinajstić information content (AvgIpc) is 3.22. The Morgan fingerprint density at radius 2 is 1.87 bits per heavy atom. The summed E-state index contributed by atoms with van der Waals surface area (Å²) in [7, 11) is 1.55. The van der Waals surface area contributed by atoms with Gasteiger partial charge in [-0.3, -0.25) is 14.5 Å². The molecule has 0 bridgehead atoms. The van der Waals surface area contributed by atoms with E-state index in [2.05, 4.69) is 10.2 Å². The number of methoxy groups -OCH3 is 1. The predicted octanol–water partition coefficient (Wildman–Crippen LogP) is 3.88. The molecule has 7 nitrogen and oxygen atoms in total. The fraction of sp³-hybridized carbons (Fsp3) is 0.304. The van der Waals surface area contributed by atoms with Crippen molar-refractivity contribution in [2.45, 2.75) is 6.42 Å². The minimum absolute atomic E-state index is 0.0957. The molecule has 0 radical (unpaired) electrons. The highest BCUT2D eigenvalue weighted by atomic mass is 35.5. The number of amides is 2. The summed E-state index contributed by atoms with van der Waals surface area (Å²) in [6, 6.07) is 14.5. The van der Waals surface area contributed by atoms with Crippen molar-refractivity contribution >= 4 is 40.1 Å². The number of anilines is 1. The summed E-state index contributed by atoms with van der Waals surface area (Å²) in [5, 5.41) is 4.30. The molecule has 0 aliphatic carbocycles. The maximum absolute atomic E-state index is 12.8. The van der Waals surface area contributed by atoms with Crippen LogP contribution in [0.3, 0.4) is 0 Å². The van der Waals surface area contributed by atoms with E-state index < -0.39 is 0 Å². The molecule has 0 spiro atoms. The van der Waals surface area contributed by atoms with E-state index in [-0.39, 0.29) is 11.8 Å². The first-order valence-corrected chi connectivity index (χ1v) is 10.5. The molecular weight excluding hydrogens is 418 g/mol. The number of fused-ring (bicyclic) bond motifs is 1. The molecule has 1 fully saturated rings. The first-order chi connectivity index (χ1) is 15.0. The summed E-state index contributed by atoms with van der Waals surface area (Å²) in [6.07, 6.45) is 0.340. The molecule has 8 heteroatoms. The maximum Gasteiger partial charge on any atom is 0.289 e. The number of hydrogen-bond donors (Lipinski definition) is 1. The Morgan fingerprint density at radius 3 is 2.61 bits per heavy atom. The standard InChI is InChI=1S/C23H24ClN3O4/c1-30-20-7-6-17(24)15-18(20)25-22(28)8-9-26-10-12-27(13-11-26)23(29)21-14-16-4-2-3-5-19(16)31-21/h2-7,14-15H,8-13H2,1H3,(H,25,28). The highest BCUT2D eigenvalue weighted by Gasteiger charge is 2.24. The largest absolute Gasteiger partial charge is 0.495 e. The molecule has 0 unspecified atom stereocenters. The van der Waals surface area contributed by atoms with Gasteiger partial charge in [-0.25, -0.2) is 0 Å². The molecule has 1 aliphatic heterocycles. The average molecular weight is 442 g/mol. The zero-order valence-electron chi connectivity index (χ0n) is 17.3. The minimum atomic E-state index is -0.110. The number of carbonyl (C=O) groups excluding carboxylic acids is 2. The SMILES string of the molecule is COc1ccc(Cl)cc1NC(=O)CCN1CCN(C(=O)c2cc3ccccc3o2)CC1. The lowest BCUT2D eigenvalue weighted by Gasteiger charge is -2.34. The Morgan fingerprint density at radius 1 is 1.10 bits per heavy atom. The van der Waals surface area contributed by atoms with E-state index in [1.165, 1.54) is 0 Å². The number of para-hydroxylation sites is 1. The lowest BCUT2D eigenvalue weighted by atomic mass is 10.2. The lowest BCUT2D eigenvalue weighted by molar-refractivity contribution is -0.116. The number of benzene rings is 2. The van der Waals surface area contributed by atoms with Gasteiger partial charge in [0.05, 0.1) is 12.8 Å². The van der Waals surface area contributed by atoms with Gasteiger partial charge in [0, 0.05) is 49.6 Å². The van der Waals surface area contributed by atoms with Gasteiger partial charge in [0.15, 0.2) is 5.76 Å². The van der Waals surface area contributed by atoms with Gasteiger partial charge >= 0.3 is 0 Å². The fourth-order valence-electron chi connectivity index (χ4n) is 3.67. The normalized spacial score (nSPS) is 14.6. The van der Waals surface area contributed by atoms with Gasteiger partial charge in [0.25, 0.3) is 5.91 Å². The molecule has 1 saturated heterocycles. The first-order valence-electron chi connectivity index (χ1n) is 10.2. The van der Waals surface area contributed by atoms with Crippen LogP contribution in [0.2, 0.25) is 5.02 Å². The van der Waals surface area contributed by atoms with Crippen LogP contribution in [0.5, 0.6) is 5.75 Å². The van der Waals surface area contributed by atoms with Crippen LogP contribution in [0.15, 0.2) is 52.9 Å². The van der Waals surface area contributed by atoms with Gasteiger partial charge in [0.2, 0.25) is 5.91 Å². The molecule has 3 aromatic rings. The van der Waals surface area contributed by atoms with Crippen LogP contribution in [0.4, 0.5) is 5.69 Å². The molecule has 2 amide bonds. The van der Waals surface area contributed by atoms with Crippen LogP contribution >= 0.6 is 11.6 Å². The quantitative estimate of drug-likeness (QED) is 0.628. The fourth-order valence-corrected chi connectivity index (χ4v) is 3.84. The summed E-state index contributed by atoms with van der Waals surface area (Å²) < 4.78 is 11.0. The number of nitrogens with zero attached hydrogens (tertiary/aromatic N) is 2. The van der Waals surface area contributed by atoms with Crippen molar-refractivity contribution in [1.29, 1.82) is 0 Å². The number of furan rings is 1. The van der Waals surface area contributed by atoms with Crippen molar-refractivity contribution in [2.24, 2.45) is 0 Å². The number of hydrogen-bond acceptors (Lipinski definition) is 5. The van der Waals surface area contributed by atoms with Gasteiger partial charge in [-0.2, -0.15) is 0 Å². The summed E-state index contributed by atoms with van der Waals surface area (Å²) in [6.45, 7) is 3.22. The monoisotopic (exact) mass is 441 g/mol. The number of nitrogens with one attached hydrogen (secondary N) is 1. The zero-order valence-corrected chi connectivity index (χ0v) is 18.0. The molecule has 2 aromatic carbocycles. The topological polar surface area (TPSA) is 75.0 Å². The van der Waals surface area contributed by atoms with Crippen molar-refractivity contribution in [1.82, 2.24) is 9.80 Å². The highest BCUT2D eigenvalue weighted by molar-refractivity contribution is 6.31. The number of ether oxygens (including phenoxy) is 1. The van der Waals surface area contributed by atoms with Crippen LogP contribution in [0.1, 0.15) is 17.0 Å². The Balaban J connectivity index is 1.26. The number of piperazine rings is 1. The number of rotatable bonds is 6. The lowest BCUT2D eigenvalue weighted by Crippen LogP contribution is -2.49. The molecule has 1 N–H and O–H groups in total. The smallest absolute Gasteiger partial charge is 0.289 e. The Kier molecular flexibility index (Phi) is 6.44. The van der Waals surface area contributed by atoms with E-state index in [9.17, 15) is 9.59 Å². The molecule has 0 atom stereocenters. The van der Waals surface area contributed by atoms with Gasteiger partial charge in [0.1, 0.15) is 11.3 Å². The number of halogens is 1. The summed E-state index contributed by atoms with van der Waals surface area (Å²) in [5.74, 6) is 0.725. The van der Waals surface area contributed by atoms with E-state index in [0.29, 0.717) is 66.9 Å². The third-order valence-corrected chi connectivity index (χ3v) is 5.62. The molecule has 1 aliphatic rings. The van der Waals surface area contributed by atoms with Crippen molar-refractivity contribution in [3.8, 4) is 5.75 Å². The predicted molar refractivity (Wildman–Crippen MR) is 120 cm³/mol. The third kappa shape index (κ3) is 5.00. The summed E-state index contributed by atoms with van der Waals surface area (Å²) in [4.78, 5) is 29.1. The minimum Gasteiger partial charge on any atom is -0.495 e. The van der Waals surface area contributed by atoms with E-state index in [0.717, 1.165) is 5.39 Å². The van der Waals surface area contributed by atoms with Crippen molar-refractivity contribution < 1.29 is 18.7 Å². The molecule has 162 valence electrons. The van der Waals surface area contributed by atoms with Crippen molar-refractivity contribution in [3.05, 3.63) is 59.3 Å². The van der Waals surface area contributed by atoms with Crippen molar-refractivity contribution in [2.75, 3.05) is 45.2 Å². The number of carbonyl (C=O) groups is 2. The van der Waals surface area contributed by atoms with Crippen LogP contribution < -0.4 is 10.1 Å². The van der Waals surface area contributed by atoms with Crippen LogP contribution in [-0.2, 0) is 4.79 Å². The second-order valence-electron chi connectivity index (χ2n) is 7.43. The first kappa shape index (κ1) is 21.2. The van der Waals surface area contributed by atoms with Crippen LogP contribution in [0.25, 0.3) is 11.0 Å². The Bertz CT molecular complexity index is 1060. The van der Waals surface area contributed by atoms with Crippen molar-refractivity contribution in [3.63, 3.8) is 0 Å².